The van der Waals surface area contributed by atoms with E-state index in [1.165, 1.54) is 16.4 Å². The maximum Gasteiger partial charge on any atom is 0.234 e. The number of thioether (sulfide) groups is 1. The Morgan fingerprint density at radius 3 is 2.65 bits per heavy atom. The van der Waals surface area contributed by atoms with Gasteiger partial charge in [0, 0.05) is 11.3 Å². The van der Waals surface area contributed by atoms with Crippen LogP contribution in [0, 0.1) is 6.92 Å². The van der Waals surface area contributed by atoms with E-state index < -0.39 is 0 Å². The first-order chi connectivity index (χ1) is 12.6. The number of aryl methyl sites for hydroxylation is 2. The average molecular weight is 367 g/mol. The molecule has 0 fully saturated rings. The molecule has 0 aliphatic heterocycles. The maximum absolute atomic E-state index is 12.4. The summed E-state index contributed by atoms with van der Waals surface area (Å²) in [6.45, 7) is 4.06. The van der Waals surface area contributed by atoms with Gasteiger partial charge in [-0.1, -0.05) is 67.2 Å². The molecule has 3 N–H and O–H groups in total. The Kier molecular flexibility index (Phi) is 5.58. The first kappa shape index (κ1) is 18.0. The predicted molar refractivity (Wildman–Crippen MR) is 106 cm³/mol. The number of nitrogens with one attached hydrogen (secondary N) is 1. The van der Waals surface area contributed by atoms with Gasteiger partial charge in [0.25, 0.3) is 0 Å². The second-order valence-electron chi connectivity index (χ2n) is 5.84. The zero-order valence-corrected chi connectivity index (χ0v) is 15.6. The smallest absolute Gasteiger partial charge is 0.234 e. The molecule has 3 aromatic rings. The SMILES string of the molecule is CCc1cccc(C)c1NC(=O)CSc1nnc(-c2ccccc2)n1N. The Morgan fingerprint density at radius 1 is 1.15 bits per heavy atom. The van der Waals surface area contributed by atoms with Crippen molar-refractivity contribution in [2.24, 2.45) is 0 Å². The second-order valence-corrected chi connectivity index (χ2v) is 6.78. The predicted octanol–water partition coefficient (Wildman–Crippen LogP) is 3.26. The van der Waals surface area contributed by atoms with Crippen LogP contribution in [0.1, 0.15) is 18.1 Å². The summed E-state index contributed by atoms with van der Waals surface area (Å²) in [5.41, 5.74) is 3.94. The van der Waals surface area contributed by atoms with Crippen LogP contribution in [0.25, 0.3) is 11.4 Å². The van der Waals surface area contributed by atoms with Crippen molar-refractivity contribution in [2.45, 2.75) is 25.4 Å². The van der Waals surface area contributed by atoms with Gasteiger partial charge in [-0.05, 0) is 24.5 Å². The first-order valence-electron chi connectivity index (χ1n) is 8.37. The van der Waals surface area contributed by atoms with E-state index in [2.05, 4.69) is 22.4 Å². The molecule has 0 bridgehead atoms. The van der Waals surface area contributed by atoms with Crippen LogP contribution < -0.4 is 11.2 Å². The van der Waals surface area contributed by atoms with Gasteiger partial charge in [-0.25, -0.2) is 4.68 Å². The van der Waals surface area contributed by atoms with Gasteiger partial charge in [0.15, 0.2) is 5.82 Å². The second kappa shape index (κ2) is 8.05. The molecule has 134 valence electrons. The fraction of sp³-hybridized carbons (Fsp3) is 0.211. The van der Waals surface area contributed by atoms with Gasteiger partial charge in [-0.3, -0.25) is 4.79 Å². The number of nitrogen functional groups attached to an aromatic ring is 1. The Balaban J connectivity index is 1.67. The van der Waals surface area contributed by atoms with Crippen molar-refractivity contribution in [1.29, 1.82) is 0 Å². The number of para-hydroxylation sites is 1. The van der Waals surface area contributed by atoms with Crippen molar-refractivity contribution >= 4 is 23.4 Å². The minimum Gasteiger partial charge on any atom is -0.335 e. The Labute approximate surface area is 156 Å². The molecule has 0 aliphatic rings. The summed E-state index contributed by atoms with van der Waals surface area (Å²) in [5, 5.41) is 11.7. The fourth-order valence-electron chi connectivity index (χ4n) is 2.67. The summed E-state index contributed by atoms with van der Waals surface area (Å²) in [5.74, 6) is 6.77. The number of benzene rings is 2. The molecule has 0 saturated heterocycles. The van der Waals surface area contributed by atoms with Crippen LogP contribution in [0.3, 0.4) is 0 Å². The zero-order valence-electron chi connectivity index (χ0n) is 14.8. The molecule has 6 nitrogen and oxygen atoms in total. The van der Waals surface area contributed by atoms with Gasteiger partial charge < -0.3 is 11.2 Å². The maximum atomic E-state index is 12.4. The molecule has 0 saturated carbocycles. The molecule has 1 amide bonds. The minimum atomic E-state index is -0.0942. The molecule has 0 radical (unpaired) electrons. The molecule has 26 heavy (non-hydrogen) atoms. The number of nitrogens with two attached hydrogens (primary N) is 1. The highest BCUT2D eigenvalue weighted by atomic mass is 32.2. The number of aromatic nitrogens is 3. The topological polar surface area (TPSA) is 85.8 Å². The standard InChI is InChI=1S/C19H21N5OS/c1-3-14-11-7-8-13(2)17(14)21-16(25)12-26-19-23-22-18(24(19)20)15-9-5-4-6-10-15/h4-11H,3,12,20H2,1-2H3,(H,21,25). The van der Waals surface area contributed by atoms with Crippen LogP contribution in [0.15, 0.2) is 53.7 Å². The third-order valence-corrected chi connectivity index (χ3v) is 4.98. The highest BCUT2D eigenvalue weighted by Crippen LogP contribution is 2.23. The Bertz CT molecular complexity index is 908. The van der Waals surface area contributed by atoms with Crippen LogP contribution in [0.2, 0.25) is 0 Å². The molecule has 3 rings (SSSR count). The normalized spacial score (nSPS) is 10.7. The number of hydrogen-bond donors (Lipinski definition) is 2. The van der Waals surface area contributed by atoms with Crippen molar-refractivity contribution in [3.05, 3.63) is 59.7 Å². The number of carbonyl (C=O) groups excluding carboxylic acids is 1. The van der Waals surface area contributed by atoms with E-state index in [0.717, 1.165) is 28.8 Å². The summed E-state index contributed by atoms with van der Waals surface area (Å²) in [6, 6.07) is 15.6. The first-order valence-corrected chi connectivity index (χ1v) is 9.35. The van der Waals surface area contributed by atoms with Gasteiger partial charge in [0.05, 0.1) is 5.75 Å². The lowest BCUT2D eigenvalue weighted by Crippen LogP contribution is -2.17. The van der Waals surface area contributed by atoms with Crippen molar-refractivity contribution < 1.29 is 4.79 Å². The summed E-state index contributed by atoms with van der Waals surface area (Å²) in [4.78, 5) is 12.4. The molecule has 1 heterocycles. The quantitative estimate of drug-likeness (QED) is 0.516. The van der Waals surface area contributed by atoms with Crippen molar-refractivity contribution in [1.82, 2.24) is 14.9 Å². The van der Waals surface area contributed by atoms with E-state index >= 15 is 0 Å². The van der Waals surface area contributed by atoms with Crippen LogP contribution >= 0.6 is 11.8 Å². The van der Waals surface area contributed by atoms with Crippen LogP contribution in [0.5, 0.6) is 0 Å². The number of hydrogen-bond acceptors (Lipinski definition) is 5. The lowest BCUT2D eigenvalue weighted by molar-refractivity contribution is -0.113. The summed E-state index contributed by atoms with van der Waals surface area (Å²) in [7, 11) is 0. The van der Waals surface area contributed by atoms with Gasteiger partial charge in [0.1, 0.15) is 0 Å². The molecule has 2 aromatic carbocycles. The van der Waals surface area contributed by atoms with Crippen molar-refractivity contribution in [3.63, 3.8) is 0 Å². The molecule has 0 spiro atoms. The molecular formula is C19H21N5OS. The lowest BCUT2D eigenvalue weighted by atomic mass is 10.1. The average Bonchev–Trinajstić information content (AvgIpc) is 3.03. The lowest BCUT2D eigenvalue weighted by Gasteiger charge is -2.12. The minimum absolute atomic E-state index is 0.0942. The Hall–Kier alpha value is -2.80. The van der Waals surface area contributed by atoms with E-state index in [4.69, 9.17) is 5.84 Å². The van der Waals surface area contributed by atoms with Crippen LogP contribution in [-0.4, -0.2) is 26.5 Å². The molecule has 0 unspecified atom stereocenters. The van der Waals surface area contributed by atoms with Crippen molar-refractivity contribution in [2.75, 3.05) is 16.9 Å². The zero-order chi connectivity index (χ0) is 18.5. The van der Waals surface area contributed by atoms with E-state index in [1.54, 1.807) is 0 Å². The molecular weight excluding hydrogens is 346 g/mol. The molecule has 0 atom stereocenters. The highest BCUT2D eigenvalue weighted by molar-refractivity contribution is 7.99. The van der Waals surface area contributed by atoms with Gasteiger partial charge in [-0.2, -0.15) is 0 Å². The molecule has 7 heteroatoms. The summed E-state index contributed by atoms with van der Waals surface area (Å²) >= 11 is 1.26. The third-order valence-electron chi connectivity index (χ3n) is 4.03. The van der Waals surface area contributed by atoms with E-state index in [9.17, 15) is 4.79 Å². The molecule has 0 aliphatic carbocycles. The van der Waals surface area contributed by atoms with Gasteiger partial charge in [-0.15, -0.1) is 10.2 Å². The van der Waals surface area contributed by atoms with E-state index in [0.29, 0.717) is 11.0 Å². The van der Waals surface area contributed by atoms with Crippen molar-refractivity contribution in [3.8, 4) is 11.4 Å². The number of rotatable bonds is 6. The number of anilines is 1. The summed E-state index contributed by atoms with van der Waals surface area (Å²) in [6.07, 6.45) is 0.863. The largest absolute Gasteiger partial charge is 0.335 e. The summed E-state index contributed by atoms with van der Waals surface area (Å²) < 4.78 is 1.42. The van der Waals surface area contributed by atoms with E-state index in [1.807, 2.05) is 55.5 Å². The van der Waals surface area contributed by atoms with Crippen LogP contribution in [-0.2, 0) is 11.2 Å². The fourth-order valence-corrected chi connectivity index (χ4v) is 3.32. The number of amides is 1. The van der Waals surface area contributed by atoms with E-state index in [-0.39, 0.29) is 11.7 Å². The highest BCUT2D eigenvalue weighted by Gasteiger charge is 2.14. The number of nitrogens with zero attached hydrogens (tertiary/aromatic N) is 3. The monoisotopic (exact) mass is 367 g/mol. The van der Waals surface area contributed by atoms with Crippen LogP contribution in [0.4, 0.5) is 5.69 Å². The van der Waals surface area contributed by atoms with Gasteiger partial charge in [0.2, 0.25) is 11.1 Å². The third kappa shape index (κ3) is 3.88. The Morgan fingerprint density at radius 2 is 1.92 bits per heavy atom. The van der Waals surface area contributed by atoms with Gasteiger partial charge >= 0.3 is 0 Å². The number of carbonyl (C=O) groups is 1. The molecule has 1 aromatic heterocycles.